The molecule has 2 heterocycles. The first kappa shape index (κ1) is 25.9. The minimum atomic E-state index is -4.44. The number of fused-ring (bicyclic) bond motifs is 1. The Bertz CT molecular complexity index is 1120. The van der Waals surface area contributed by atoms with Crippen molar-refractivity contribution in [3.63, 3.8) is 0 Å². The molecule has 5 nitrogen and oxygen atoms in total. The van der Waals surface area contributed by atoms with Crippen LogP contribution in [0.25, 0.3) is 0 Å². The molecule has 4 rings (SSSR count). The Morgan fingerprint density at radius 1 is 1.09 bits per heavy atom. The standard InChI is InChI=1S/C25H27Cl2F3N2O3/c26-21-16-9-10-32(13-18(16)22(27)24(35)23(21)34)20(33)8-4-7-19-17(14-5-2-1-3-6-14)11-15(12-31-19)25(28,29)30/h11-12,14,34-35H,1-10,13H2. The first-order chi connectivity index (χ1) is 16.6. The Kier molecular flexibility index (Phi) is 7.71. The van der Waals surface area contributed by atoms with Crippen LogP contribution in [0.5, 0.6) is 11.5 Å². The maximum Gasteiger partial charge on any atom is 0.417 e. The van der Waals surface area contributed by atoms with Crippen LogP contribution in [0.3, 0.4) is 0 Å². The van der Waals surface area contributed by atoms with Crippen LogP contribution < -0.4 is 0 Å². The molecular formula is C25H27Cl2F3N2O3. The maximum absolute atomic E-state index is 13.3. The molecular weight excluding hydrogens is 504 g/mol. The summed E-state index contributed by atoms with van der Waals surface area (Å²) < 4.78 is 39.9. The SMILES string of the molecule is O=C(CCCc1ncc(C(F)(F)F)cc1C1CCCCC1)N1CCc2c(Cl)c(O)c(O)c(Cl)c2C1. The summed E-state index contributed by atoms with van der Waals surface area (Å²) >= 11 is 12.3. The number of carbonyl (C=O) groups excluding carboxylic acids is 1. The molecule has 190 valence electrons. The van der Waals surface area contributed by atoms with Crippen molar-refractivity contribution >= 4 is 29.1 Å². The van der Waals surface area contributed by atoms with E-state index in [0.717, 1.165) is 38.3 Å². The van der Waals surface area contributed by atoms with Gasteiger partial charge in [0.05, 0.1) is 15.6 Å². The molecule has 0 radical (unpaired) electrons. The van der Waals surface area contributed by atoms with Gasteiger partial charge < -0.3 is 15.1 Å². The number of alkyl halides is 3. The van der Waals surface area contributed by atoms with Crippen LogP contribution >= 0.6 is 23.2 Å². The molecule has 2 aromatic rings. The Morgan fingerprint density at radius 2 is 1.74 bits per heavy atom. The normalized spacial score (nSPS) is 16.9. The number of halogens is 5. The van der Waals surface area contributed by atoms with Crippen molar-refractivity contribution in [3.05, 3.63) is 50.3 Å². The smallest absolute Gasteiger partial charge is 0.417 e. The lowest BCUT2D eigenvalue weighted by Crippen LogP contribution is -2.36. The lowest BCUT2D eigenvalue weighted by molar-refractivity contribution is -0.138. The molecule has 1 fully saturated rings. The van der Waals surface area contributed by atoms with E-state index in [9.17, 15) is 28.2 Å². The second-order valence-electron chi connectivity index (χ2n) is 9.29. The van der Waals surface area contributed by atoms with Gasteiger partial charge in [0.1, 0.15) is 0 Å². The fourth-order valence-electron chi connectivity index (χ4n) is 5.12. The molecule has 35 heavy (non-hydrogen) atoms. The van der Waals surface area contributed by atoms with Crippen LogP contribution in [0.4, 0.5) is 13.2 Å². The van der Waals surface area contributed by atoms with Gasteiger partial charge in [-0.05, 0) is 60.8 Å². The molecule has 10 heteroatoms. The minimum absolute atomic E-state index is 0.0227. The summed E-state index contributed by atoms with van der Waals surface area (Å²) in [4.78, 5) is 18.7. The van der Waals surface area contributed by atoms with Crippen molar-refractivity contribution in [2.24, 2.45) is 0 Å². The lowest BCUT2D eigenvalue weighted by Gasteiger charge is -2.31. The van der Waals surface area contributed by atoms with Gasteiger partial charge in [-0.3, -0.25) is 9.78 Å². The van der Waals surface area contributed by atoms with Crippen LogP contribution in [0, 0.1) is 0 Å². The zero-order valence-electron chi connectivity index (χ0n) is 19.1. The number of hydrogen-bond acceptors (Lipinski definition) is 4. The van der Waals surface area contributed by atoms with Gasteiger partial charge in [0.2, 0.25) is 5.91 Å². The third kappa shape index (κ3) is 5.48. The molecule has 1 aromatic carbocycles. The van der Waals surface area contributed by atoms with E-state index in [2.05, 4.69) is 4.98 Å². The highest BCUT2D eigenvalue weighted by Crippen LogP contribution is 2.46. The van der Waals surface area contributed by atoms with Gasteiger partial charge in [-0.15, -0.1) is 0 Å². The van der Waals surface area contributed by atoms with Crippen LogP contribution in [0.2, 0.25) is 10.0 Å². The second-order valence-corrected chi connectivity index (χ2v) is 10.0. The molecule has 1 amide bonds. The van der Waals surface area contributed by atoms with Crippen molar-refractivity contribution in [1.29, 1.82) is 0 Å². The molecule has 0 bridgehead atoms. The van der Waals surface area contributed by atoms with E-state index >= 15 is 0 Å². The first-order valence-electron chi connectivity index (χ1n) is 11.8. The summed E-state index contributed by atoms with van der Waals surface area (Å²) in [6, 6.07) is 1.25. The fraction of sp³-hybridized carbons (Fsp3) is 0.520. The number of nitrogens with zero attached hydrogens (tertiary/aromatic N) is 2. The molecule has 1 aliphatic carbocycles. The summed E-state index contributed by atoms with van der Waals surface area (Å²) in [7, 11) is 0. The van der Waals surface area contributed by atoms with E-state index in [1.165, 1.54) is 6.07 Å². The molecule has 0 atom stereocenters. The van der Waals surface area contributed by atoms with Crippen molar-refractivity contribution in [1.82, 2.24) is 9.88 Å². The van der Waals surface area contributed by atoms with Crippen molar-refractivity contribution in [2.75, 3.05) is 6.54 Å². The zero-order valence-corrected chi connectivity index (χ0v) is 20.6. The molecule has 1 saturated carbocycles. The van der Waals surface area contributed by atoms with Gasteiger partial charge in [0, 0.05) is 31.4 Å². The summed E-state index contributed by atoms with van der Waals surface area (Å²) in [5.74, 6) is -1.03. The number of aromatic nitrogens is 1. The van der Waals surface area contributed by atoms with Crippen LogP contribution in [0.15, 0.2) is 12.3 Å². The molecule has 0 spiro atoms. The number of amides is 1. The largest absolute Gasteiger partial charge is 0.503 e. The quantitative estimate of drug-likeness (QED) is 0.418. The molecule has 1 aliphatic heterocycles. The number of phenols is 2. The highest BCUT2D eigenvalue weighted by Gasteiger charge is 2.33. The minimum Gasteiger partial charge on any atom is -0.503 e. The number of phenolic OH excluding ortho intramolecular Hbond substituents is 2. The van der Waals surface area contributed by atoms with Gasteiger partial charge >= 0.3 is 6.18 Å². The average Bonchev–Trinajstić information content (AvgIpc) is 2.85. The van der Waals surface area contributed by atoms with E-state index in [0.29, 0.717) is 48.2 Å². The predicted octanol–water partition coefficient (Wildman–Crippen LogP) is 6.77. The van der Waals surface area contributed by atoms with E-state index in [1.54, 1.807) is 4.90 Å². The van der Waals surface area contributed by atoms with E-state index < -0.39 is 23.2 Å². The average molecular weight is 531 g/mol. The maximum atomic E-state index is 13.3. The third-order valence-electron chi connectivity index (χ3n) is 7.05. The topological polar surface area (TPSA) is 73.7 Å². The summed E-state index contributed by atoms with van der Waals surface area (Å²) in [6.45, 7) is 0.546. The monoisotopic (exact) mass is 530 g/mol. The Labute approximate surface area is 211 Å². The number of aromatic hydroxyl groups is 2. The fourth-order valence-corrected chi connectivity index (χ4v) is 5.68. The Balaban J connectivity index is 1.43. The summed E-state index contributed by atoms with van der Waals surface area (Å²) in [6.07, 6.45) is 2.71. The Hall–Kier alpha value is -2.19. The Morgan fingerprint density at radius 3 is 2.40 bits per heavy atom. The zero-order chi connectivity index (χ0) is 25.3. The lowest BCUT2D eigenvalue weighted by atomic mass is 9.82. The van der Waals surface area contributed by atoms with Crippen LogP contribution in [0.1, 0.15) is 78.8 Å². The predicted molar refractivity (Wildman–Crippen MR) is 127 cm³/mol. The summed E-state index contributed by atoms with van der Waals surface area (Å²) in [5, 5.41) is 19.9. The number of benzene rings is 1. The number of rotatable bonds is 5. The van der Waals surface area contributed by atoms with E-state index in [1.807, 2.05) is 0 Å². The van der Waals surface area contributed by atoms with Gasteiger partial charge in [-0.1, -0.05) is 42.5 Å². The summed E-state index contributed by atoms with van der Waals surface area (Å²) in [5.41, 5.74) is 1.69. The number of carbonyl (C=O) groups is 1. The second kappa shape index (κ2) is 10.4. The van der Waals surface area contributed by atoms with Gasteiger partial charge in [0.25, 0.3) is 0 Å². The van der Waals surface area contributed by atoms with Crippen molar-refractivity contribution < 1.29 is 28.2 Å². The highest BCUT2D eigenvalue weighted by atomic mass is 35.5. The van der Waals surface area contributed by atoms with Crippen molar-refractivity contribution in [3.8, 4) is 11.5 Å². The van der Waals surface area contributed by atoms with E-state index in [-0.39, 0.29) is 34.8 Å². The van der Waals surface area contributed by atoms with E-state index in [4.69, 9.17) is 23.2 Å². The molecule has 0 unspecified atom stereocenters. The van der Waals surface area contributed by atoms with Gasteiger partial charge in [-0.25, -0.2) is 0 Å². The molecule has 2 aliphatic rings. The molecule has 0 saturated heterocycles. The van der Waals surface area contributed by atoms with Crippen LogP contribution in [-0.4, -0.2) is 32.5 Å². The molecule has 1 aromatic heterocycles. The number of aryl methyl sites for hydroxylation is 1. The number of pyridine rings is 1. The van der Waals surface area contributed by atoms with Crippen molar-refractivity contribution in [2.45, 2.75) is 76.4 Å². The molecule has 2 N–H and O–H groups in total. The highest BCUT2D eigenvalue weighted by molar-refractivity contribution is 6.36. The van der Waals surface area contributed by atoms with Crippen LogP contribution in [-0.2, 0) is 30.4 Å². The third-order valence-corrected chi connectivity index (χ3v) is 7.86. The first-order valence-corrected chi connectivity index (χ1v) is 12.6. The van der Waals surface area contributed by atoms with Gasteiger partial charge in [0.15, 0.2) is 11.5 Å². The van der Waals surface area contributed by atoms with Gasteiger partial charge in [-0.2, -0.15) is 13.2 Å². The number of hydrogen-bond donors (Lipinski definition) is 2.